The molecule has 8 heteroatoms. The van der Waals surface area contributed by atoms with Crippen LogP contribution in [0.3, 0.4) is 0 Å². The molecule has 164 valence electrons. The smallest absolute Gasteiger partial charge is 0.187 e. The Balaban J connectivity index is 1.46. The number of aliphatic hydroxyl groups is 1. The van der Waals surface area contributed by atoms with Gasteiger partial charge in [-0.15, -0.1) is 0 Å². The summed E-state index contributed by atoms with van der Waals surface area (Å²) in [5.74, 6) is 0. The highest BCUT2D eigenvalue weighted by atomic mass is 16.8. The van der Waals surface area contributed by atoms with Crippen LogP contribution in [0, 0.1) is 0 Å². The lowest BCUT2D eigenvalue weighted by atomic mass is 9.97. The Morgan fingerprint density at radius 1 is 1.00 bits per heavy atom. The number of methoxy groups -OCH3 is 1. The monoisotopic (exact) mass is 412 g/mol. The highest BCUT2D eigenvalue weighted by Gasteiger charge is 2.50. The summed E-state index contributed by atoms with van der Waals surface area (Å²) < 4.78 is 39.8. The van der Waals surface area contributed by atoms with Crippen LogP contribution in [0.5, 0.6) is 0 Å². The van der Waals surface area contributed by atoms with E-state index in [-0.39, 0.29) is 0 Å². The molecule has 0 aromatic heterocycles. The lowest BCUT2D eigenvalue weighted by Crippen LogP contribution is -2.62. The number of hydrogen-bond acceptors (Lipinski definition) is 8. The Morgan fingerprint density at radius 2 is 1.72 bits per heavy atom. The van der Waals surface area contributed by atoms with Gasteiger partial charge in [-0.25, -0.2) is 0 Å². The lowest BCUT2D eigenvalue weighted by Gasteiger charge is -2.47. The second-order valence-corrected chi connectivity index (χ2v) is 7.01. The summed E-state index contributed by atoms with van der Waals surface area (Å²) in [6.07, 6.45) is -2.85. The number of benzene rings is 1. The molecular weight excluding hydrogens is 380 g/mol. The average Bonchev–Trinajstić information content (AvgIpc) is 2.76. The number of hydrogen-bond donors (Lipinski definition) is 1. The van der Waals surface area contributed by atoms with Crippen LogP contribution in [0.2, 0.25) is 0 Å². The van der Waals surface area contributed by atoms with Crippen molar-refractivity contribution in [1.29, 1.82) is 0 Å². The Kier molecular flexibility index (Phi) is 9.29. The van der Waals surface area contributed by atoms with E-state index in [1.165, 1.54) is 7.11 Å². The van der Waals surface area contributed by atoms with E-state index >= 15 is 0 Å². The van der Waals surface area contributed by atoms with Crippen molar-refractivity contribution in [2.24, 2.45) is 0 Å². The third-order valence-electron chi connectivity index (χ3n) is 4.88. The summed E-state index contributed by atoms with van der Waals surface area (Å²) in [7, 11) is 1.52. The minimum Gasteiger partial charge on any atom is -0.387 e. The molecule has 3 rings (SSSR count). The average molecular weight is 412 g/mol. The summed E-state index contributed by atoms with van der Waals surface area (Å²) in [5, 5.41) is 10.8. The van der Waals surface area contributed by atoms with Crippen molar-refractivity contribution < 1.29 is 38.3 Å². The Morgan fingerprint density at radius 3 is 2.45 bits per heavy atom. The number of fused-ring (bicyclic) bond motifs is 1. The maximum atomic E-state index is 10.8. The highest BCUT2D eigenvalue weighted by molar-refractivity contribution is 5.16. The molecule has 1 aromatic rings. The van der Waals surface area contributed by atoms with Crippen molar-refractivity contribution in [3.05, 3.63) is 35.9 Å². The predicted octanol–water partition coefficient (Wildman–Crippen LogP) is 1.66. The molecule has 0 bridgehead atoms. The summed E-state index contributed by atoms with van der Waals surface area (Å²) in [6, 6.07) is 9.62. The van der Waals surface area contributed by atoms with Gasteiger partial charge < -0.3 is 38.3 Å². The van der Waals surface area contributed by atoms with E-state index in [1.54, 1.807) is 0 Å². The van der Waals surface area contributed by atoms with Gasteiger partial charge in [-0.3, -0.25) is 0 Å². The van der Waals surface area contributed by atoms with Gasteiger partial charge in [0.1, 0.15) is 24.4 Å². The fourth-order valence-corrected chi connectivity index (χ4v) is 3.42. The quantitative estimate of drug-likeness (QED) is 0.550. The second-order valence-electron chi connectivity index (χ2n) is 7.01. The van der Waals surface area contributed by atoms with Gasteiger partial charge in [0.05, 0.1) is 33.0 Å². The zero-order valence-electron chi connectivity index (χ0n) is 17.1. The zero-order valence-corrected chi connectivity index (χ0v) is 17.1. The molecule has 0 radical (unpaired) electrons. The van der Waals surface area contributed by atoms with Crippen LogP contribution >= 0.6 is 0 Å². The fourth-order valence-electron chi connectivity index (χ4n) is 3.42. The van der Waals surface area contributed by atoms with E-state index in [0.29, 0.717) is 33.0 Å². The van der Waals surface area contributed by atoms with Gasteiger partial charge in [0.2, 0.25) is 0 Å². The third-order valence-corrected chi connectivity index (χ3v) is 4.88. The number of ether oxygens (including phenoxy) is 7. The van der Waals surface area contributed by atoms with Crippen LogP contribution in [-0.2, 0) is 33.2 Å². The summed E-state index contributed by atoms with van der Waals surface area (Å²) in [6.45, 7) is 4.89. The SMILES string of the molecule is CCCOCCOCCO[C@H]1OC2COC(c3ccccc3)O[C@H]2C(O)C1OC. The first-order valence-electron chi connectivity index (χ1n) is 10.2. The number of rotatable bonds is 11. The van der Waals surface area contributed by atoms with Crippen LogP contribution in [0.4, 0.5) is 0 Å². The van der Waals surface area contributed by atoms with Crippen molar-refractivity contribution >= 4 is 0 Å². The molecule has 0 amide bonds. The van der Waals surface area contributed by atoms with Gasteiger partial charge in [0.15, 0.2) is 12.6 Å². The molecule has 2 fully saturated rings. The van der Waals surface area contributed by atoms with E-state index in [1.807, 2.05) is 30.3 Å². The molecule has 8 nitrogen and oxygen atoms in total. The molecule has 1 aromatic carbocycles. The molecule has 4 unspecified atom stereocenters. The molecule has 29 heavy (non-hydrogen) atoms. The van der Waals surface area contributed by atoms with E-state index in [4.69, 9.17) is 33.2 Å². The van der Waals surface area contributed by atoms with Gasteiger partial charge in [0.25, 0.3) is 0 Å². The lowest BCUT2D eigenvalue weighted by molar-refractivity contribution is -0.364. The van der Waals surface area contributed by atoms with E-state index in [9.17, 15) is 5.11 Å². The maximum absolute atomic E-state index is 10.8. The van der Waals surface area contributed by atoms with Crippen molar-refractivity contribution in [3.8, 4) is 0 Å². The molecule has 2 saturated heterocycles. The van der Waals surface area contributed by atoms with Crippen molar-refractivity contribution in [2.45, 2.75) is 50.3 Å². The minimum absolute atomic E-state index is 0.294. The first-order chi connectivity index (χ1) is 14.2. The molecule has 2 aliphatic rings. The third kappa shape index (κ3) is 6.19. The van der Waals surface area contributed by atoms with Gasteiger partial charge in [-0.2, -0.15) is 0 Å². The van der Waals surface area contributed by atoms with Gasteiger partial charge in [-0.1, -0.05) is 37.3 Å². The summed E-state index contributed by atoms with van der Waals surface area (Å²) >= 11 is 0. The Bertz CT molecular complexity index is 571. The molecule has 0 saturated carbocycles. The first-order valence-corrected chi connectivity index (χ1v) is 10.2. The van der Waals surface area contributed by atoms with E-state index in [0.717, 1.165) is 18.6 Å². The topological polar surface area (TPSA) is 84.8 Å². The summed E-state index contributed by atoms with van der Waals surface area (Å²) in [4.78, 5) is 0. The Hall–Kier alpha value is -1.10. The summed E-state index contributed by atoms with van der Waals surface area (Å²) in [5.41, 5.74) is 0.894. The van der Waals surface area contributed by atoms with Crippen LogP contribution in [0.1, 0.15) is 25.2 Å². The molecule has 0 aliphatic carbocycles. The predicted molar refractivity (Wildman–Crippen MR) is 103 cm³/mol. The van der Waals surface area contributed by atoms with Crippen molar-refractivity contribution in [1.82, 2.24) is 0 Å². The van der Waals surface area contributed by atoms with Crippen LogP contribution < -0.4 is 0 Å². The highest BCUT2D eigenvalue weighted by Crippen LogP contribution is 2.35. The molecule has 1 N–H and O–H groups in total. The van der Waals surface area contributed by atoms with Crippen LogP contribution in [0.15, 0.2) is 30.3 Å². The standard InChI is InChI=1S/C21H32O8/c1-3-9-24-10-11-25-12-13-26-21-19(23-2)17(22)18-16(28-21)14-27-20(29-18)15-7-5-4-6-8-15/h4-8,16-22H,3,9-14H2,1-2H3/t16?,17?,18-,19?,20?,21+/m1/s1. The second kappa shape index (κ2) is 11.9. The largest absolute Gasteiger partial charge is 0.387 e. The number of aliphatic hydroxyl groups excluding tert-OH is 1. The normalized spacial score (nSPS) is 32.1. The van der Waals surface area contributed by atoms with Gasteiger partial charge in [0, 0.05) is 19.3 Å². The first kappa shape index (κ1) is 22.6. The molecule has 2 heterocycles. The Labute approximate surface area is 171 Å². The molecule has 0 spiro atoms. The molecule has 2 aliphatic heterocycles. The van der Waals surface area contributed by atoms with Crippen LogP contribution in [0.25, 0.3) is 0 Å². The van der Waals surface area contributed by atoms with E-state index in [2.05, 4.69) is 6.92 Å². The van der Waals surface area contributed by atoms with Crippen molar-refractivity contribution in [3.63, 3.8) is 0 Å². The van der Waals surface area contributed by atoms with Crippen LogP contribution in [-0.4, -0.2) is 82.6 Å². The fraction of sp³-hybridized carbons (Fsp3) is 0.714. The van der Waals surface area contributed by atoms with Gasteiger partial charge >= 0.3 is 0 Å². The van der Waals surface area contributed by atoms with Crippen molar-refractivity contribution in [2.75, 3.05) is 46.8 Å². The minimum atomic E-state index is -0.901. The maximum Gasteiger partial charge on any atom is 0.187 e. The van der Waals surface area contributed by atoms with Gasteiger partial charge in [-0.05, 0) is 6.42 Å². The molecule has 6 atom stereocenters. The van der Waals surface area contributed by atoms with E-state index < -0.39 is 37.0 Å². The zero-order chi connectivity index (χ0) is 20.5. The molecular formula is C21H32O8.